The second-order valence-corrected chi connectivity index (χ2v) is 18.1. The van der Waals surface area contributed by atoms with Crippen molar-refractivity contribution in [3.8, 4) is 0 Å². The number of nitrogens with two attached hydrogens (primary N) is 1. The molecule has 86 valence electrons. The quantitative estimate of drug-likeness (QED) is 0.548. The van der Waals surface area contributed by atoms with Crippen LogP contribution < -0.4 is 5.73 Å². The van der Waals surface area contributed by atoms with Crippen LogP contribution in [-0.2, 0) is 3.07 Å². The van der Waals surface area contributed by atoms with E-state index in [1.807, 2.05) is 6.92 Å². The van der Waals surface area contributed by atoms with Crippen molar-refractivity contribution < 1.29 is 3.07 Å². The molecule has 2 unspecified atom stereocenters. The molecule has 0 aliphatic rings. The first kappa shape index (κ1) is 15.0. The normalized spacial score (nSPS) is 17.8. The Hall–Kier alpha value is 1.01. The molecule has 0 aromatic carbocycles. The van der Waals surface area contributed by atoms with Crippen LogP contribution in [0.15, 0.2) is 0 Å². The molecule has 0 radical (unpaired) electrons. The SMILES string of the molecule is CCCC[O][Sn]([CH3])([Cl])[CH2]CCC(C)N. The Balaban J connectivity index is 3.50. The third-order valence-corrected chi connectivity index (χ3v) is 10.0. The van der Waals surface area contributed by atoms with Gasteiger partial charge >= 0.3 is 96.9 Å². The summed E-state index contributed by atoms with van der Waals surface area (Å²) in [6.07, 6.45) is 4.50. The Morgan fingerprint density at radius 1 is 1.43 bits per heavy atom. The number of rotatable bonds is 8. The zero-order valence-corrected chi connectivity index (χ0v) is 13.3. The fourth-order valence-corrected chi connectivity index (χ4v) is 7.08. The van der Waals surface area contributed by atoms with E-state index in [1.54, 1.807) is 0 Å². The van der Waals surface area contributed by atoms with Gasteiger partial charge in [-0.3, -0.25) is 0 Å². The van der Waals surface area contributed by atoms with Gasteiger partial charge in [0, 0.05) is 0 Å². The summed E-state index contributed by atoms with van der Waals surface area (Å²) in [5.74, 6) is 0. The van der Waals surface area contributed by atoms with E-state index in [1.165, 1.54) is 6.42 Å². The predicted octanol–water partition coefficient (Wildman–Crippen LogP) is 3.24. The molecule has 0 amide bonds. The van der Waals surface area contributed by atoms with Crippen LogP contribution in [0.5, 0.6) is 0 Å². The van der Waals surface area contributed by atoms with E-state index in [-0.39, 0.29) is 0 Å². The molecule has 0 aliphatic heterocycles. The van der Waals surface area contributed by atoms with Crippen LogP contribution in [0.4, 0.5) is 0 Å². The number of unbranched alkanes of at least 4 members (excludes halogenated alkanes) is 1. The van der Waals surface area contributed by atoms with E-state index < -0.39 is 17.7 Å². The molecule has 0 fully saturated rings. The summed E-state index contributed by atoms with van der Waals surface area (Å²) >= 11 is -2.60. The molecule has 0 aromatic rings. The first-order valence-corrected chi connectivity index (χ1v) is 15.2. The van der Waals surface area contributed by atoms with E-state index in [9.17, 15) is 0 Å². The molecule has 0 saturated carbocycles. The van der Waals surface area contributed by atoms with Crippen molar-refractivity contribution in [1.82, 2.24) is 0 Å². The molecule has 0 aliphatic carbocycles. The Kier molecular flexibility index (Phi) is 8.78. The van der Waals surface area contributed by atoms with Crippen LogP contribution >= 0.6 is 8.92 Å². The molecule has 4 heteroatoms. The van der Waals surface area contributed by atoms with Crippen molar-refractivity contribution in [2.24, 2.45) is 5.73 Å². The summed E-state index contributed by atoms with van der Waals surface area (Å²) in [4.78, 5) is 2.15. The first-order valence-electron chi connectivity index (χ1n) is 5.56. The van der Waals surface area contributed by atoms with Gasteiger partial charge in [-0.15, -0.1) is 0 Å². The average molecular weight is 328 g/mol. The van der Waals surface area contributed by atoms with Crippen LogP contribution in [0.2, 0.25) is 9.38 Å². The van der Waals surface area contributed by atoms with Crippen molar-refractivity contribution in [2.75, 3.05) is 6.61 Å². The Labute approximate surface area is 96.7 Å². The van der Waals surface area contributed by atoms with Gasteiger partial charge < -0.3 is 0 Å². The van der Waals surface area contributed by atoms with Gasteiger partial charge in [-0.2, -0.15) is 0 Å². The van der Waals surface area contributed by atoms with Crippen LogP contribution in [0.1, 0.15) is 39.5 Å². The summed E-state index contributed by atoms with van der Waals surface area (Å²) in [5, 5.41) is 0. The first-order chi connectivity index (χ1) is 6.48. The van der Waals surface area contributed by atoms with Crippen molar-refractivity contribution in [1.29, 1.82) is 0 Å². The van der Waals surface area contributed by atoms with Crippen LogP contribution in [0.25, 0.3) is 0 Å². The Bertz CT molecular complexity index is 142. The minimum absolute atomic E-state index is 0.296. The standard InChI is InChI=1S/C5H12N.C4H9O.CH3.ClH.Sn/c1-3-4-5(2)6;1-2-3-4-5;;;/h5H,1,3-4,6H2,2H3;2-4H2,1H3;1H3;1H;/q;-1;;;+2/p-1. The van der Waals surface area contributed by atoms with Gasteiger partial charge in [-0.25, -0.2) is 0 Å². The number of hydrogen-bond acceptors (Lipinski definition) is 2. The topological polar surface area (TPSA) is 35.2 Å². The van der Waals surface area contributed by atoms with E-state index in [4.69, 9.17) is 17.7 Å². The molecule has 2 N–H and O–H groups in total. The van der Waals surface area contributed by atoms with Crippen molar-refractivity contribution in [3.05, 3.63) is 0 Å². The van der Waals surface area contributed by atoms with Crippen molar-refractivity contribution in [2.45, 2.75) is 54.9 Å². The molecule has 2 nitrogen and oxygen atoms in total. The summed E-state index contributed by atoms with van der Waals surface area (Å²) < 4.78 is 6.87. The molecule has 0 rings (SSSR count). The molecule has 0 aromatic heterocycles. The molecule has 0 saturated heterocycles. The Morgan fingerprint density at radius 3 is 2.57 bits per heavy atom. The number of hydrogen-bond donors (Lipinski definition) is 1. The number of halogens is 1. The zero-order valence-electron chi connectivity index (χ0n) is 9.68. The van der Waals surface area contributed by atoms with Gasteiger partial charge in [0.1, 0.15) is 0 Å². The molecular formula is C10H24ClNOSn. The summed E-state index contributed by atoms with van der Waals surface area (Å²) in [5.41, 5.74) is 5.68. The van der Waals surface area contributed by atoms with E-state index in [0.717, 1.165) is 30.3 Å². The van der Waals surface area contributed by atoms with Gasteiger partial charge in [0.15, 0.2) is 0 Å². The van der Waals surface area contributed by atoms with Crippen LogP contribution in [0, 0.1) is 0 Å². The molecule has 0 spiro atoms. The minimum atomic E-state index is -2.60. The Morgan fingerprint density at radius 2 is 2.07 bits per heavy atom. The van der Waals surface area contributed by atoms with Gasteiger partial charge in [0.25, 0.3) is 0 Å². The average Bonchev–Trinajstić information content (AvgIpc) is 2.03. The van der Waals surface area contributed by atoms with Gasteiger partial charge in [0.05, 0.1) is 0 Å². The fraction of sp³-hybridized carbons (Fsp3) is 1.00. The monoisotopic (exact) mass is 329 g/mol. The van der Waals surface area contributed by atoms with Gasteiger partial charge in [-0.1, -0.05) is 0 Å². The van der Waals surface area contributed by atoms with E-state index in [2.05, 4.69) is 11.9 Å². The summed E-state index contributed by atoms with van der Waals surface area (Å²) in [6.45, 7) is 5.06. The third-order valence-electron chi connectivity index (χ3n) is 2.18. The molecule has 14 heavy (non-hydrogen) atoms. The van der Waals surface area contributed by atoms with Crippen LogP contribution in [0.3, 0.4) is 0 Å². The van der Waals surface area contributed by atoms with E-state index >= 15 is 0 Å². The fourth-order valence-electron chi connectivity index (χ4n) is 1.24. The van der Waals surface area contributed by atoms with Crippen molar-refractivity contribution in [3.63, 3.8) is 0 Å². The third kappa shape index (κ3) is 9.56. The maximum absolute atomic E-state index is 6.40. The molecular weight excluding hydrogens is 304 g/mol. The van der Waals surface area contributed by atoms with E-state index in [0.29, 0.717) is 6.04 Å². The second kappa shape index (κ2) is 8.19. The van der Waals surface area contributed by atoms with Crippen molar-refractivity contribution >= 4 is 26.6 Å². The van der Waals surface area contributed by atoms with Gasteiger partial charge in [0.2, 0.25) is 0 Å². The van der Waals surface area contributed by atoms with Gasteiger partial charge in [-0.05, 0) is 0 Å². The maximum atomic E-state index is 6.40. The molecule has 0 bridgehead atoms. The summed E-state index contributed by atoms with van der Waals surface area (Å²) in [6, 6.07) is 0.296. The zero-order chi connectivity index (χ0) is 11.0. The second-order valence-electron chi connectivity index (χ2n) is 4.17. The summed E-state index contributed by atoms with van der Waals surface area (Å²) in [7, 11) is 6.40. The molecule has 2 atom stereocenters. The molecule has 0 heterocycles. The van der Waals surface area contributed by atoms with Crippen LogP contribution in [-0.4, -0.2) is 30.3 Å². The predicted molar refractivity (Wildman–Crippen MR) is 66.0 cm³/mol.